The standard InChI is InChI=1S/C11H19NO/c13-9-8-12-7-3-5-10-4-1-2-6-11(10)12/h9-11H,1-8H2/t10?,11-/m1/s1. The van der Waals surface area contributed by atoms with Gasteiger partial charge >= 0.3 is 0 Å². The van der Waals surface area contributed by atoms with Gasteiger partial charge in [-0.2, -0.15) is 0 Å². The molecule has 0 aromatic rings. The summed E-state index contributed by atoms with van der Waals surface area (Å²) >= 11 is 0. The van der Waals surface area contributed by atoms with Crippen LogP contribution in [-0.4, -0.2) is 30.3 Å². The fourth-order valence-electron chi connectivity index (χ4n) is 3.05. The molecule has 0 spiro atoms. The zero-order valence-electron chi connectivity index (χ0n) is 8.24. The first-order valence-electron chi connectivity index (χ1n) is 5.59. The molecule has 0 aromatic carbocycles. The van der Waals surface area contributed by atoms with E-state index in [1.807, 2.05) is 0 Å². The van der Waals surface area contributed by atoms with E-state index in [1.165, 1.54) is 38.5 Å². The Bertz CT molecular complexity index is 179. The topological polar surface area (TPSA) is 20.3 Å². The van der Waals surface area contributed by atoms with E-state index >= 15 is 0 Å². The van der Waals surface area contributed by atoms with Crippen LogP contribution in [0.3, 0.4) is 0 Å². The lowest BCUT2D eigenvalue weighted by Gasteiger charge is -2.43. The van der Waals surface area contributed by atoms with E-state index in [0.717, 1.165) is 24.8 Å². The highest BCUT2D eigenvalue weighted by atomic mass is 16.1. The van der Waals surface area contributed by atoms with E-state index < -0.39 is 0 Å². The number of hydrogen-bond acceptors (Lipinski definition) is 2. The number of piperidine rings is 1. The Labute approximate surface area is 80.3 Å². The molecule has 13 heavy (non-hydrogen) atoms. The molecular formula is C11H19NO. The number of carbonyl (C=O) groups excluding carboxylic acids is 1. The summed E-state index contributed by atoms with van der Waals surface area (Å²) in [6.45, 7) is 1.82. The third-order valence-electron chi connectivity index (χ3n) is 3.67. The number of likely N-dealkylation sites (tertiary alicyclic amines) is 1. The highest BCUT2D eigenvalue weighted by molar-refractivity contribution is 5.52. The molecule has 74 valence electrons. The van der Waals surface area contributed by atoms with Crippen LogP contribution in [0, 0.1) is 5.92 Å². The number of nitrogens with zero attached hydrogens (tertiary/aromatic N) is 1. The average Bonchev–Trinajstić information content (AvgIpc) is 2.19. The normalized spacial score (nSPS) is 35.4. The van der Waals surface area contributed by atoms with Gasteiger partial charge in [-0.25, -0.2) is 0 Å². The van der Waals surface area contributed by atoms with E-state index in [4.69, 9.17) is 0 Å². The van der Waals surface area contributed by atoms with Gasteiger partial charge in [0.15, 0.2) is 0 Å². The second-order valence-electron chi connectivity index (χ2n) is 4.42. The molecule has 2 nitrogen and oxygen atoms in total. The third kappa shape index (κ3) is 1.93. The first-order chi connectivity index (χ1) is 6.42. The predicted octanol–water partition coefficient (Wildman–Crippen LogP) is 1.84. The molecule has 2 rings (SSSR count). The number of carbonyl (C=O) groups is 1. The van der Waals surface area contributed by atoms with E-state index in [-0.39, 0.29) is 0 Å². The highest BCUT2D eigenvalue weighted by Gasteiger charge is 2.32. The van der Waals surface area contributed by atoms with Crippen molar-refractivity contribution >= 4 is 6.29 Å². The molecule has 0 bridgehead atoms. The molecule has 1 aliphatic carbocycles. The summed E-state index contributed by atoms with van der Waals surface area (Å²) in [5.41, 5.74) is 0. The van der Waals surface area contributed by atoms with E-state index in [1.54, 1.807) is 0 Å². The molecule has 2 heteroatoms. The predicted molar refractivity (Wildman–Crippen MR) is 52.6 cm³/mol. The Morgan fingerprint density at radius 3 is 2.77 bits per heavy atom. The lowest BCUT2D eigenvalue weighted by Crippen LogP contribution is -2.47. The smallest absolute Gasteiger partial charge is 0.133 e. The van der Waals surface area contributed by atoms with Gasteiger partial charge in [-0.05, 0) is 38.1 Å². The van der Waals surface area contributed by atoms with Gasteiger partial charge in [-0.15, -0.1) is 0 Å². The van der Waals surface area contributed by atoms with Gasteiger partial charge in [0.25, 0.3) is 0 Å². The molecule has 1 unspecified atom stereocenters. The summed E-state index contributed by atoms with van der Waals surface area (Å²) in [5.74, 6) is 0.905. The van der Waals surface area contributed by atoms with Gasteiger partial charge in [0, 0.05) is 6.04 Å². The van der Waals surface area contributed by atoms with Crippen molar-refractivity contribution in [1.82, 2.24) is 4.90 Å². The Balaban J connectivity index is 1.98. The third-order valence-corrected chi connectivity index (χ3v) is 3.67. The first-order valence-corrected chi connectivity index (χ1v) is 5.59. The van der Waals surface area contributed by atoms with Crippen molar-refractivity contribution in [3.05, 3.63) is 0 Å². The van der Waals surface area contributed by atoms with Crippen LogP contribution in [0.2, 0.25) is 0 Å². The second kappa shape index (κ2) is 4.23. The minimum atomic E-state index is 0.668. The Morgan fingerprint density at radius 1 is 1.15 bits per heavy atom. The summed E-state index contributed by atoms with van der Waals surface area (Å²) in [7, 11) is 0. The van der Waals surface area contributed by atoms with Gasteiger partial charge < -0.3 is 4.79 Å². The van der Waals surface area contributed by atoms with Crippen molar-refractivity contribution in [1.29, 1.82) is 0 Å². The molecule has 0 aromatic heterocycles. The van der Waals surface area contributed by atoms with Gasteiger partial charge in [-0.3, -0.25) is 4.90 Å². The zero-order valence-corrected chi connectivity index (χ0v) is 8.24. The summed E-state index contributed by atoms with van der Waals surface area (Å²) in [5, 5.41) is 0. The summed E-state index contributed by atoms with van der Waals surface area (Å²) in [6, 6.07) is 0.743. The molecule has 0 radical (unpaired) electrons. The van der Waals surface area contributed by atoms with Crippen LogP contribution in [-0.2, 0) is 4.79 Å². The number of fused-ring (bicyclic) bond motifs is 1. The van der Waals surface area contributed by atoms with Crippen molar-refractivity contribution in [3.8, 4) is 0 Å². The molecular weight excluding hydrogens is 162 g/mol. The van der Waals surface area contributed by atoms with Crippen LogP contribution >= 0.6 is 0 Å². The fourth-order valence-corrected chi connectivity index (χ4v) is 3.05. The Kier molecular flexibility index (Phi) is 2.99. The van der Waals surface area contributed by atoms with Crippen LogP contribution in [0.1, 0.15) is 38.5 Å². The van der Waals surface area contributed by atoms with E-state index in [0.29, 0.717) is 6.54 Å². The molecule has 0 N–H and O–H groups in total. The largest absolute Gasteiger partial charge is 0.302 e. The van der Waals surface area contributed by atoms with Gasteiger partial charge in [0.1, 0.15) is 6.29 Å². The second-order valence-corrected chi connectivity index (χ2v) is 4.42. The van der Waals surface area contributed by atoms with E-state index in [9.17, 15) is 4.79 Å². The van der Waals surface area contributed by atoms with Crippen molar-refractivity contribution in [3.63, 3.8) is 0 Å². The van der Waals surface area contributed by atoms with Gasteiger partial charge in [-0.1, -0.05) is 12.8 Å². The minimum Gasteiger partial charge on any atom is -0.302 e. The quantitative estimate of drug-likeness (QED) is 0.606. The maximum atomic E-state index is 10.5. The molecule has 1 saturated heterocycles. The summed E-state index contributed by atoms with van der Waals surface area (Å²) in [6.07, 6.45) is 9.29. The highest BCUT2D eigenvalue weighted by Crippen LogP contribution is 2.34. The van der Waals surface area contributed by atoms with Crippen LogP contribution in [0.25, 0.3) is 0 Å². The summed E-state index contributed by atoms with van der Waals surface area (Å²) < 4.78 is 0. The minimum absolute atomic E-state index is 0.668. The zero-order chi connectivity index (χ0) is 9.10. The molecule has 1 saturated carbocycles. The number of rotatable bonds is 2. The van der Waals surface area contributed by atoms with E-state index in [2.05, 4.69) is 4.90 Å². The Morgan fingerprint density at radius 2 is 1.92 bits per heavy atom. The summed E-state index contributed by atoms with van der Waals surface area (Å²) in [4.78, 5) is 12.9. The van der Waals surface area contributed by atoms with Crippen LogP contribution in [0.5, 0.6) is 0 Å². The van der Waals surface area contributed by atoms with Crippen molar-refractivity contribution in [2.75, 3.05) is 13.1 Å². The molecule has 2 atom stereocenters. The lowest BCUT2D eigenvalue weighted by atomic mass is 9.78. The lowest BCUT2D eigenvalue weighted by molar-refractivity contribution is -0.110. The average molecular weight is 181 g/mol. The van der Waals surface area contributed by atoms with Crippen molar-refractivity contribution in [2.45, 2.75) is 44.6 Å². The molecule has 2 fully saturated rings. The first kappa shape index (κ1) is 9.20. The maximum Gasteiger partial charge on any atom is 0.133 e. The van der Waals surface area contributed by atoms with Crippen molar-refractivity contribution < 1.29 is 4.79 Å². The van der Waals surface area contributed by atoms with Crippen molar-refractivity contribution in [2.24, 2.45) is 5.92 Å². The fraction of sp³-hybridized carbons (Fsp3) is 0.909. The van der Waals surface area contributed by atoms with Crippen LogP contribution in [0.4, 0.5) is 0 Å². The molecule has 2 aliphatic rings. The van der Waals surface area contributed by atoms with Gasteiger partial charge in [0.2, 0.25) is 0 Å². The van der Waals surface area contributed by atoms with Crippen LogP contribution in [0.15, 0.2) is 0 Å². The monoisotopic (exact) mass is 181 g/mol. The molecule has 1 heterocycles. The SMILES string of the molecule is O=CCN1CCCC2CCCC[C@H]21. The molecule has 0 amide bonds. The van der Waals surface area contributed by atoms with Crippen LogP contribution < -0.4 is 0 Å². The number of aldehydes is 1. The van der Waals surface area contributed by atoms with Gasteiger partial charge in [0.05, 0.1) is 6.54 Å². The number of hydrogen-bond donors (Lipinski definition) is 0. The maximum absolute atomic E-state index is 10.5. The Hall–Kier alpha value is -0.370. The molecule has 1 aliphatic heterocycles.